The zero-order chi connectivity index (χ0) is 26.0. The van der Waals surface area contributed by atoms with E-state index >= 15 is 0 Å². The van der Waals surface area contributed by atoms with E-state index in [2.05, 4.69) is 23.0 Å². The Morgan fingerprint density at radius 1 is 1.05 bits per heavy atom. The van der Waals surface area contributed by atoms with Gasteiger partial charge in [-0.05, 0) is 68.3 Å². The fourth-order valence-corrected chi connectivity index (χ4v) is 7.01. The molecule has 1 aromatic carbocycles. The van der Waals surface area contributed by atoms with E-state index in [0.717, 1.165) is 67.3 Å². The molecule has 0 atom stereocenters. The zero-order valence-electron chi connectivity index (χ0n) is 21.5. The molecule has 5 rings (SSSR count). The lowest BCUT2D eigenvalue weighted by atomic mass is 9.81. The van der Waals surface area contributed by atoms with E-state index in [4.69, 9.17) is 4.98 Å². The molecule has 37 heavy (non-hydrogen) atoms. The summed E-state index contributed by atoms with van der Waals surface area (Å²) in [7, 11) is -1.96. The second kappa shape index (κ2) is 10.8. The molecule has 3 heterocycles. The molecule has 196 valence electrons. The third kappa shape index (κ3) is 5.08. The van der Waals surface area contributed by atoms with Gasteiger partial charge < -0.3 is 5.11 Å². The van der Waals surface area contributed by atoms with Gasteiger partial charge in [-0.2, -0.15) is 5.10 Å². The molecular formula is C28H35N5O3S. The van der Waals surface area contributed by atoms with Crippen LogP contribution >= 0.6 is 0 Å². The third-order valence-corrected chi connectivity index (χ3v) is 9.20. The second-order valence-electron chi connectivity index (χ2n) is 9.96. The van der Waals surface area contributed by atoms with Crippen molar-refractivity contribution in [2.75, 3.05) is 19.7 Å². The Hall–Kier alpha value is -3.01. The highest BCUT2D eigenvalue weighted by molar-refractivity contribution is 7.90. The van der Waals surface area contributed by atoms with E-state index in [-0.39, 0.29) is 11.5 Å². The summed E-state index contributed by atoms with van der Waals surface area (Å²) in [5.74, 6) is 0.376. The van der Waals surface area contributed by atoms with Crippen molar-refractivity contribution in [3.63, 3.8) is 0 Å². The number of fused-ring (bicyclic) bond motifs is 1. The van der Waals surface area contributed by atoms with Gasteiger partial charge >= 0.3 is 0 Å². The maximum atomic E-state index is 13.6. The van der Waals surface area contributed by atoms with Gasteiger partial charge in [0, 0.05) is 54.7 Å². The maximum absolute atomic E-state index is 13.6. The predicted molar refractivity (Wildman–Crippen MR) is 145 cm³/mol. The van der Waals surface area contributed by atoms with E-state index in [0.29, 0.717) is 17.6 Å². The van der Waals surface area contributed by atoms with Gasteiger partial charge in [-0.3, -0.25) is 9.58 Å². The molecule has 1 fully saturated rings. The monoisotopic (exact) mass is 521 g/mol. The van der Waals surface area contributed by atoms with Crippen LogP contribution in [0, 0.1) is 0 Å². The van der Waals surface area contributed by atoms with Crippen molar-refractivity contribution < 1.29 is 13.5 Å². The molecule has 0 bridgehead atoms. The van der Waals surface area contributed by atoms with Crippen LogP contribution in [0.3, 0.4) is 0 Å². The van der Waals surface area contributed by atoms with E-state index in [1.165, 1.54) is 3.97 Å². The minimum atomic E-state index is -3.81. The van der Waals surface area contributed by atoms with E-state index < -0.39 is 10.0 Å². The van der Waals surface area contributed by atoms with Gasteiger partial charge in [0.2, 0.25) is 0 Å². The first-order valence-electron chi connectivity index (χ1n) is 13.1. The Balaban J connectivity index is 1.51. The average molecular weight is 522 g/mol. The highest BCUT2D eigenvalue weighted by Gasteiger charge is 2.28. The first-order chi connectivity index (χ1) is 17.9. The summed E-state index contributed by atoms with van der Waals surface area (Å²) in [4.78, 5) is 7.38. The number of hydrogen-bond donors (Lipinski definition) is 1. The number of benzene rings is 1. The van der Waals surface area contributed by atoms with Crippen LogP contribution in [0.4, 0.5) is 0 Å². The molecular weight excluding hydrogens is 486 g/mol. The Bertz CT molecular complexity index is 1450. The van der Waals surface area contributed by atoms with Crippen molar-refractivity contribution in [1.29, 1.82) is 0 Å². The number of aliphatic hydroxyl groups is 1. The molecule has 9 heteroatoms. The van der Waals surface area contributed by atoms with Crippen LogP contribution in [0.1, 0.15) is 50.5 Å². The Morgan fingerprint density at radius 2 is 1.81 bits per heavy atom. The number of nitrogens with zero attached hydrogens (tertiary/aromatic N) is 5. The fourth-order valence-electron chi connectivity index (χ4n) is 5.67. The molecule has 0 unspecified atom stereocenters. The van der Waals surface area contributed by atoms with Gasteiger partial charge in [0.15, 0.2) is 5.65 Å². The van der Waals surface area contributed by atoms with E-state index in [1.807, 2.05) is 19.4 Å². The van der Waals surface area contributed by atoms with Crippen molar-refractivity contribution in [2.45, 2.75) is 55.9 Å². The van der Waals surface area contributed by atoms with Gasteiger partial charge in [0.1, 0.15) is 0 Å². The standard InChI is InChI=1S/C28H35N5O3S/c1-3-13-32(14-15-34)24-11-9-21(10-12-24)22-16-26-27(23-18-30-31(2)19-23)20-33(28(26)29-17-22)37(35,36)25-7-5-4-6-8-25/h4-8,16-21,24,34H,3,9-15H2,1-2H3/t21-,24-. The predicted octanol–water partition coefficient (Wildman–Crippen LogP) is 4.40. The summed E-state index contributed by atoms with van der Waals surface area (Å²) in [6, 6.07) is 11.1. The molecule has 1 saturated carbocycles. The van der Waals surface area contributed by atoms with Crippen molar-refractivity contribution >= 4 is 21.1 Å². The van der Waals surface area contributed by atoms with Crippen LogP contribution in [0.2, 0.25) is 0 Å². The number of pyridine rings is 1. The fraction of sp³-hybridized carbons (Fsp3) is 0.429. The van der Waals surface area contributed by atoms with Crippen molar-refractivity contribution in [3.05, 3.63) is 66.7 Å². The third-order valence-electron chi connectivity index (χ3n) is 7.53. The average Bonchev–Trinajstić information content (AvgIpc) is 3.52. The van der Waals surface area contributed by atoms with Crippen molar-refractivity contribution in [1.82, 2.24) is 23.6 Å². The lowest BCUT2D eigenvalue weighted by Gasteiger charge is -2.36. The number of hydrogen-bond acceptors (Lipinski definition) is 6. The topological polar surface area (TPSA) is 93.2 Å². The molecule has 1 aliphatic rings. The molecule has 4 aromatic rings. The zero-order valence-corrected chi connectivity index (χ0v) is 22.3. The number of aryl methyl sites for hydroxylation is 1. The summed E-state index contributed by atoms with van der Waals surface area (Å²) in [6.07, 6.45) is 12.5. The largest absolute Gasteiger partial charge is 0.395 e. The second-order valence-corrected chi connectivity index (χ2v) is 11.8. The van der Waals surface area contributed by atoms with Gasteiger partial charge in [0.25, 0.3) is 10.0 Å². The smallest absolute Gasteiger partial charge is 0.269 e. The van der Waals surface area contributed by atoms with Crippen LogP contribution in [0.15, 0.2) is 66.1 Å². The minimum Gasteiger partial charge on any atom is -0.395 e. The van der Waals surface area contributed by atoms with Crippen molar-refractivity contribution in [3.8, 4) is 11.1 Å². The minimum absolute atomic E-state index is 0.195. The van der Waals surface area contributed by atoms with E-state index in [9.17, 15) is 13.5 Å². The van der Waals surface area contributed by atoms with Gasteiger partial charge in [0.05, 0.1) is 17.7 Å². The molecule has 0 saturated heterocycles. The number of aromatic nitrogens is 4. The normalized spacial score (nSPS) is 18.6. The van der Waals surface area contributed by atoms with Crippen LogP contribution < -0.4 is 0 Å². The maximum Gasteiger partial charge on any atom is 0.269 e. The molecule has 1 N–H and O–H groups in total. The number of aliphatic hydroxyl groups excluding tert-OH is 1. The van der Waals surface area contributed by atoms with Crippen LogP contribution in [0.5, 0.6) is 0 Å². The van der Waals surface area contributed by atoms with Crippen LogP contribution in [-0.4, -0.2) is 62.9 Å². The van der Waals surface area contributed by atoms with Crippen LogP contribution in [-0.2, 0) is 17.1 Å². The molecule has 8 nitrogen and oxygen atoms in total. The molecule has 0 aliphatic heterocycles. The first kappa shape index (κ1) is 25.6. The molecule has 0 amide bonds. The summed E-state index contributed by atoms with van der Waals surface area (Å²) < 4.78 is 30.2. The summed E-state index contributed by atoms with van der Waals surface area (Å²) >= 11 is 0. The lowest BCUT2D eigenvalue weighted by Crippen LogP contribution is -2.40. The van der Waals surface area contributed by atoms with Gasteiger partial charge in [-0.25, -0.2) is 17.4 Å². The Morgan fingerprint density at radius 3 is 2.46 bits per heavy atom. The highest BCUT2D eigenvalue weighted by atomic mass is 32.2. The SMILES string of the molecule is CCCN(CCO)[C@H]1CC[C@H](c2cnc3c(c2)c(-c2cnn(C)c2)cn3S(=O)(=O)c2ccccc2)CC1. The molecule has 1 aliphatic carbocycles. The van der Waals surface area contributed by atoms with Crippen LogP contribution in [0.25, 0.3) is 22.2 Å². The summed E-state index contributed by atoms with van der Waals surface area (Å²) in [5, 5.41) is 14.6. The quantitative estimate of drug-likeness (QED) is 0.351. The summed E-state index contributed by atoms with van der Waals surface area (Å²) in [5.41, 5.74) is 3.24. The molecule has 0 radical (unpaired) electrons. The molecule has 0 spiro atoms. The van der Waals surface area contributed by atoms with E-state index in [1.54, 1.807) is 47.4 Å². The first-order valence-corrected chi connectivity index (χ1v) is 14.5. The number of rotatable bonds is 9. The molecule has 3 aromatic heterocycles. The lowest BCUT2D eigenvalue weighted by molar-refractivity contribution is 0.119. The van der Waals surface area contributed by atoms with Crippen molar-refractivity contribution in [2.24, 2.45) is 7.05 Å². The Kier molecular flexibility index (Phi) is 7.46. The van der Waals surface area contributed by atoms with Gasteiger partial charge in [-0.15, -0.1) is 0 Å². The summed E-state index contributed by atoms with van der Waals surface area (Å²) in [6.45, 7) is 4.12. The Labute approximate surface area is 218 Å². The highest BCUT2D eigenvalue weighted by Crippen LogP contribution is 2.38. The van der Waals surface area contributed by atoms with Gasteiger partial charge in [-0.1, -0.05) is 25.1 Å².